The van der Waals surface area contributed by atoms with Crippen molar-refractivity contribution < 1.29 is 19.1 Å². The van der Waals surface area contributed by atoms with Crippen LogP contribution in [0.4, 0.5) is 0 Å². The summed E-state index contributed by atoms with van der Waals surface area (Å²) < 4.78 is 9.02. The van der Waals surface area contributed by atoms with Gasteiger partial charge in [0.05, 0.1) is 14.2 Å². The monoisotopic (exact) mass is 203 g/mol. The highest BCUT2D eigenvalue weighted by Gasteiger charge is 2.17. The summed E-state index contributed by atoms with van der Waals surface area (Å²) in [6.45, 7) is 0.443. The van der Waals surface area contributed by atoms with Crippen molar-refractivity contribution in [3.8, 4) is 0 Å². The number of carbonyl (C=O) groups excluding carboxylic acids is 2. The Morgan fingerprint density at radius 3 is 1.86 bits per heavy atom. The zero-order valence-corrected chi connectivity index (χ0v) is 8.62. The average molecular weight is 203 g/mol. The van der Waals surface area contributed by atoms with Crippen LogP contribution in [0.2, 0.25) is 0 Å². The third-order valence-corrected chi connectivity index (χ3v) is 1.94. The SMILES string of the molecule is COC(=O)CC(CCN)CC(=O)OC. The molecule has 0 aliphatic heterocycles. The fourth-order valence-electron chi connectivity index (χ4n) is 1.15. The molecule has 5 nitrogen and oxygen atoms in total. The first kappa shape index (κ1) is 12.9. The molecule has 0 saturated carbocycles. The number of nitrogens with two attached hydrogens (primary N) is 1. The topological polar surface area (TPSA) is 78.6 Å². The summed E-state index contributed by atoms with van der Waals surface area (Å²) >= 11 is 0. The average Bonchev–Trinajstić information content (AvgIpc) is 2.17. The van der Waals surface area contributed by atoms with E-state index in [4.69, 9.17) is 5.73 Å². The van der Waals surface area contributed by atoms with E-state index in [-0.39, 0.29) is 30.7 Å². The third kappa shape index (κ3) is 5.53. The Labute approximate surface area is 83.5 Å². The predicted octanol–water partition coefficient (Wildman–Crippen LogP) is 0.0776. The summed E-state index contributed by atoms with van der Waals surface area (Å²) in [6.07, 6.45) is 1.04. The van der Waals surface area contributed by atoms with Gasteiger partial charge in [-0.05, 0) is 18.9 Å². The van der Waals surface area contributed by atoms with Crippen LogP contribution in [0.5, 0.6) is 0 Å². The van der Waals surface area contributed by atoms with E-state index < -0.39 is 0 Å². The number of hydrogen-bond donors (Lipinski definition) is 1. The number of hydrogen-bond acceptors (Lipinski definition) is 5. The van der Waals surface area contributed by atoms with E-state index in [1.165, 1.54) is 14.2 Å². The lowest BCUT2D eigenvalue weighted by atomic mass is 9.98. The van der Waals surface area contributed by atoms with Crippen molar-refractivity contribution in [3.05, 3.63) is 0 Å². The third-order valence-electron chi connectivity index (χ3n) is 1.94. The minimum atomic E-state index is -0.327. The van der Waals surface area contributed by atoms with Gasteiger partial charge in [0.25, 0.3) is 0 Å². The van der Waals surface area contributed by atoms with Crippen LogP contribution in [-0.2, 0) is 19.1 Å². The van der Waals surface area contributed by atoms with Crippen molar-refractivity contribution in [1.82, 2.24) is 0 Å². The normalized spacial score (nSPS) is 10.0. The van der Waals surface area contributed by atoms with Gasteiger partial charge in [-0.1, -0.05) is 0 Å². The van der Waals surface area contributed by atoms with Gasteiger partial charge < -0.3 is 15.2 Å². The van der Waals surface area contributed by atoms with Crippen LogP contribution in [0.1, 0.15) is 19.3 Å². The minimum Gasteiger partial charge on any atom is -0.469 e. The molecule has 2 N–H and O–H groups in total. The van der Waals surface area contributed by atoms with Crippen molar-refractivity contribution in [2.45, 2.75) is 19.3 Å². The lowest BCUT2D eigenvalue weighted by Gasteiger charge is -2.12. The van der Waals surface area contributed by atoms with E-state index in [1.54, 1.807) is 0 Å². The van der Waals surface area contributed by atoms with Crippen LogP contribution in [0, 0.1) is 5.92 Å². The van der Waals surface area contributed by atoms with Crippen molar-refractivity contribution in [2.24, 2.45) is 11.7 Å². The fourth-order valence-corrected chi connectivity index (χ4v) is 1.15. The number of esters is 2. The molecule has 0 unspecified atom stereocenters. The zero-order valence-electron chi connectivity index (χ0n) is 8.62. The molecule has 0 aliphatic rings. The molecule has 0 fully saturated rings. The van der Waals surface area contributed by atoms with Gasteiger partial charge in [0.2, 0.25) is 0 Å². The highest BCUT2D eigenvalue weighted by atomic mass is 16.5. The quantitative estimate of drug-likeness (QED) is 0.618. The Balaban J connectivity index is 4.00. The van der Waals surface area contributed by atoms with Gasteiger partial charge >= 0.3 is 11.9 Å². The second-order valence-electron chi connectivity index (χ2n) is 3.00. The number of methoxy groups -OCH3 is 2. The molecule has 0 aliphatic carbocycles. The Hall–Kier alpha value is -1.10. The second-order valence-corrected chi connectivity index (χ2v) is 3.00. The van der Waals surface area contributed by atoms with Gasteiger partial charge in [-0.3, -0.25) is 9.59 Å². The van der Waals surface area contributed by atoms with Gasteiger partial charge in [-0.15, -0.1) is 0 Å². The molecule has 0 radical (unpaired) electrons. The zero-order chi connectivity index (χ0) is 11.0. The molecule has 14 heavy (non-hydrogen) atoms. The first-order valence-corrected chi connectivity index (χ1v) is 4.47. The summed E-state index contributed by atoms with van der Waals surface area (Å²) in [4.78, 5) is 21.9. The molecule has 5 heteroatoms. The summed E-state index contributed by atoms with van der Waals surface area (Å²) in [5.74, 6) is -0.736. The van der Waals surface area contributed by atoms with E-state index in [0.29, 0.717) is 13.0 Å². The van der Waals surface area contributed by atoms with Crippen LogP contribution < -0.4 is 5.73 Å². The maximum atomic E-state index is 11.0. The molecule has 0 atom stereocenters. The molecule has 0 bridgehead atoms. The number of ether oxygens (including phenoxy) is 2. The number of rotatable bonds is 6. The standard InChI is InChI=1S/C9H17NO4/c1-13-8(11)5-7(3-4-10)6-9(12)14-2/h7H,3-6,10H2,1-2H3. The van der Waals surface area contributed by atoms with E-state index in [1.807, 2.05) is 0 Å². The van der Waals surface area contributed by atoms with Crippen LogP contribution in [0.15, 0.2) is 0 Å². The van der Waals surface area contributed by atoms with Crippen molar-refractivity contribution in [2.75, 3.05) is 20.8 Å². The summed E-state index contributed by atoms with van der Waals surface area (Å²) in [7, 11) is 2.64. The minimum absolute atomic E-state index is 0.0834. The van der Waals surface area contributed by atoms with Gasteiger partial charge in [0, 0.05) is 12.8 Å². The first-order valence-electron chi connectivity index (χ1n) is 4.47. The van der Waals surface area contributed by atoms with Crippen LogP contribution in [-0.4, -0.2) is 32.7 Å². The van der Waals surface area contributed by atoms with Gasteiger partial charge in [0.15, 0.2) is 0 Å². The molecule has 0 aromatic heterocycles. The van der Waals surface area contributed by atoms with Gasteiger partial charge in [-0.2, -0.15) is 0 Å². The van der Waals surface area contributed by atoms with Crippen molar-refractivity contribution in [1.29, 1.82) is 0 Å². The molecule has 82 valence electrons. The molecule has 0 saturated heterocycles. The lowest BCUT2D eigenvalue weighted by molar-refractivity contribution is -0.144. The van der Waals surface area contributed by atoms with Crippen LogP contribution >= 0.6 is 0 Å². The van der Waals surface area contributed by atoms with Crippen LogP contribution in [0.25, 0.3) is 0 Å². The fraction of sp³-hybridized carbons (Fsp3) is 0.778. The predicted molar refractivity (Wildman–Crippen MR) is 50.4 cm³/mol. The Morgan fingerprint density at radius 1 is 1.14 bits per heavy atom. The highest BCUT2D eigenvalue weighted by Crippen LogP contribution is 2.14. The summed E-state index contributed by atoms with van der Waals surface area (Å²) in [6, 6.07) is 0. The molecular weight excluding hydrogens is 186 g/mol. The number of carbonyl (C=O) groups is 2. The smallest absolute Gasteiger partial charge is 0.305 e. The molecule has 0 amide bonds. The maximum Gasteiger partial charge on any atom is 0.305 e. The Kier molecular flexibility index (Phi) is 6.74. The van der Waals surface area contributed by atoms with Crippen LogP contribution in [0.3, 0.4) is 0 Å². The highest BCUT2D eigenvalue weighted by molar-refractivity contribution is 5.73. The molecule has 0 rings (SSSR count). The molecular formula is C9H17NO4. The maximum absolute atomic E-state index is 11.0. The van der Waals surface area contributed by atoms with Crippen molar-refractivity contribution in [3.63, 3.8) is 0 Å². The summed E-state index contributed by atoms with van der Waals surface area (Å²) in [5, 5.41) is 0. The van der Waals surface area contributed by atoms with E-state index in [9.17, 15) is 9.59 Å². The molecule has 0 aromatic rings. The molecule has 0 heterocycles. The largest absolute Gasteiger partial charge is 0.469 e. The Morgan fingerprint density at radius 2 is 1.57 bits per heavy atom. The first-order chi connectivity index (χ1) is 6.63. The Bertz CT molecular complexity index is 175. The van der Waals surface area contributed by atoms with Crippen molar-refractivity contribution >= 4 is 11.9 Å². The summed E-state index contributed by atoms with van der Waals surface area (Å²) in [5.41, 5.74) is 5.36. The lowest BCUT2D eigenvalue weighted by Crippen LogP contribution is -2.18. The second kappa shape index (κ2) is 7.32. The molecule has 0 aromatic carbocycles. The van der Waals surface area contributed by atoms with E-state index >= 15 is 0 Å². The van der Waals surface area contributed by atoms with E-state index in [2.05, 4.69) is 9.47 Å². The van der Waals surface area contributed by atoms with Gasteiger partial charge in [0.1, 0.15) is 0 Å². The molecule has 0 spiro atoms. The van der Waals surface area contributed by atoms with E-state index in [0.717, 1.165) is 0 Å². The van der Waals surface area contributed by atoms with Gasteiger partial charge in [-0.25, -0.2) is 0 Å².